The first kappa shape index (κ1) is 12.8. The smallest absolute Gasteiger partial charge is 0.244 e. The van der Waals surface area contributed by atoms with E-state index in [9.17, 15) is 4.79 Å². The third kappa shape index (κ3) is 4.27. The predicted molar refractivity (Wildman–Crippen MR) is 76.0 cm³/mol. The molecule has 19 heavy (non-hydrogen) atoms. The van der Waals surface area contributed by atoms with Crippen LogP contribution in [0.15, 0.2) is 54.9 Å². The average Bonchev–Trinajstić information content (AvgIpc) is 2.44. The molecule has 2 aromatic rings. The van der Waals surface area contributed by atoms with Gasteiger partial charge in [0.25, 0.3) is 0 Å². The number of nitrogen functional groups attached to an aromatic ring is 1. The van der Waals surface area contributed by atoms with Gasteiger partial charge in [-0.05, 0) is 41.5 Å². The van der Waals surface area contributed by atoms with Crippen LogP contribution in [0, 0.1) is 0 Å². The molecule has 4 nitrogen and oxygen atoms in total. The molecule has 4 heteroatoms. The van der Waals surface area contributed by atoms with Gasteiger partial charge in [-0.3, -0.25) is 9.78 Å². The van der Waals surface area contributed by atoms with Gasteiger partial charge in [0.2, 0.25) is 5.91 Å². The number of carbonyl (C=O) groups excluding carboxylic acids is 1. The number of anilines is 1. The molecule has 2 rings (SSSR count). The molecule has 3 N–H and O–H groups in total. The fourth-order valence-corrected chi connectivity index (χ4v) is 1.58. The Morgan fingerprint density at radius 2 is 2.05 bits per heavy atom. The molecule has 0 bridgehead atoms. The number of benzene rings is 1. The molecule has 0 unspecified atom stereocenters. The Morgan fingerprint density at radius 1 is 1.26 bits per heavy atom. The molecule has 0 saturated carbocycles. The van der Waals surface area contributed by atoms with Crippen molar-refractivity contribution in [2.24, 2.45) is 0 Å². The van der Waals surface area contributed by atoms with E-state index in [-0.39, 0.29) is 5.91 Å². The number of pyridine rings is 1. The Kier molecular flexibility index (Phi) is 4.29. The van der Waals surface area contributed by atoms with Crippen LogP contribution in [0.3, 0.4) is 0 Å². The molecule has 1 aromatic carbocycles. The minimum atomic E-state index is -0.140. The predicted octanol–water partition coefficient (Wildman–Crippen LogP) is 1.99. The van der Waals surface area contributed by atoms with Gasteiger partial charge in [-0.25, -0.2) is 0 Å². The van der Waals surface area contributed by atoms with Gasteiger partial charge in [-0.1, -0.05) is 12.1 Å². The van der Waals surface area contributed by atoms with Crippen LogP contribution in [-0.2, 0) is 11.3 Å². The Hall–Kier alpha value is -2.62. The van der Waals surface area contributed by atoms with Crippen LogP contribution in [0.2, 0.25) is 0 Å². The van der Waals surface area contributed by atoms with E-state index in [1.54, 1.807) is 24.5 Å². The number of carbonyl (C=O) groups is 1. The molecule has 0 atom stereocenters. The topological polar surface area (TPSA) is 68.0 Å². The summed E-state index contributed by atoms with van der Waals surface area (Å²) in [5.41, 5.74) is 8.26. The normalized spacial score (nSPS) is 10.5. The van der Waals surface area contributed by atoms with E-state index in [4.69, 9.17) is 5.73 Å². The number of amides is 1. The molecule has 1 heterocycles. The summed E-state index contributed by atoms with van der Waals surface area (Å²) in [5.74, 6) is -0.140. The lowest BCUT2D eigenvalue weighted by Gasteiger charge is -2.01. The quantitative estimate of drug-likeness (QED) is 0.647. The first-order valence-corrected chi connectivity index (χ1v) is 5.94. The average molecular weight is 253 g/mol. The highest BCUT2D eigenvalue weighted by molar-refractivity contribution is 5.91. The van der Waals surface area contributed by atoms with Crippen LogP contribution in [0.4, 0.5) is 5.69 Å². The van der Waals surface area contributed by atoms with Gasteiger partial charge >= 0.3 is 0 Å². The number of rotatable bonds is 4. The number of hydrogen-bond donors (Lipinski definition) is 2. The standard InChI is InChI=1S/C15H15N3O/c16-14-3-1-2-12(10-14)4-5-15(19)18-11-13-6-8-17-9-7-13/h1-10H,11,16H2,(H,18,19)/b5-4+. The van der Waals surface area contributed by atoms with Gasteiger partial charge in [-0.2, -0.15) is 0 Å². The number of nitrogens with zero attached hydrogens (tertiary/aromatic N) is 1. The minimum Gasteiger partial charge on any atom is -0.399 e. The Bertz CT molecular complexity index is 579. The van der Waals surface area contributed by atoms with Gasteiger partial charge in [-0.15, -0.1) is 0 Å². The van der Waals surface area contributed by atoms with E-state index in [0.29, 0.717) is 12.2 Å². The monoisotopic (exact) mass is 253 g/mol. The van der Waals surface area contributed by atoms with E-state index >= 15 is 0 Å². The van der Waals surface area contributed by atoms with Gasteiger partial charge in [0.05, 0.1) is 0 Å². The maximum absolute atomic E-state index is 11.6. The van der Waals surface area contributed by atoms with Crippen molar-refractivity contribution in [3.63, 3.8) is 0 Å². The fraction of sp³-hybridized carbons (Fsp3) is 0.0667. The van der Waals surface area contributed by atoms with Crippen LogP contribution >= 0.6 is 0 Å². The number of nitrogens with one attached hydrogen (secondary N) is 1. The first-order valence-electron chi connectivity index (χ1n) is 5.94. The zero-order valence-corrected chi connectivity index (χ0v) is 10.4. The van der Waals surface area contributed by atoms with Crippen LogP contribution in [0.1, 0.15) is 11.1 Å². The van der Waals surface area contributed by atoms with Crippen molar-refractivity contribution in [2.75, 3.05) is 5.73 Å². The second-order valence-corrected chi connectivity index (χ2v) is 4.08. The largest absolute Gasteiger partial charge is 0.399 e. The Balaban J connectivity index is 1.88. The third-order valence-electron chi connectivity index (χ3n) is 2.55. The summed E-state index contributed by atoms with van der Waals surface area (Å²) >= 11 is 0. The van der Waals surface area contributed by atoms with Crippen molar-refractivity contribution in [2.45, 2.75) is 6.54 Å². The second-order valence-electron chi connectivity index (χ2n) is 4.08. The summed E-state index contributed by atoms with van der Waals surface area (Å²) < 4.78 is 0. The van der Waals surface area contributed by atoms with Crippen LogP contribution in [0.25, 0.3) is 6.08 Å². The van der Waals surface area contributed by atoms with E-state index in [0.717, 1.165) is 11.1 Å². The van der Waals surface area contributed by atoms with E-state index in [1.165, 1.54) is 6.08 Å². The molecular weight excluding hydrogens is 238 g/mol. The highest BCUT2D eigenvalue weighted by Crippen LogP contribution is 2.07. The van der Waals surface area contributed by atoms with Gasteiger partial charge in [0.1, 0.15) is 0 Å². The highest BCUT2D eigenvalue weighted by Gasteiger charge is 1.96. The van der Waals surface area contributed by atoms with Gasteiger partial charge in [0.15, 0.2) is 0 Å². The van der Waals surface area contributed by atoms with E-state index in [1.807, 2.05) is 30.3 Å². The van der Waals surface area contributed by atoms with Gasteiger partial charge in [0, 0.05) is 30.7 Å². The Labute approximate surface area is 112 Å². The molecule has 0 radical (unpaired) electrons. The van der Waals surface area contributed by atoms with E-state index < -0.39 is 0 Å². The molecule has 0 spiro atoms. The lowest BCUT2D eigenvalue weighted by atomic mass is 10.2. The number of aromatic nitrogens is 1. The molecule has 0 aliphatic heterocycles. The number of nitrogens with two attached hydrogens (primary N) is 1. The van der Waals surface area contributed by atoms with Crippen molar-refractivity contribution < 1.29 is 4.79 Å². The van der Waals surface area contributed by atoms with Crippen molar-refractivity contribution in [3.05, 3.63) is 66.0 Å². The van der Waals surface area contributed by atoms with Gasteiger partial charge < -0.3 is 11.1 Å². The molecule has 0 aliphatic rings. The number of hydrogen-bond acceptors (Lipinski definition) is 3. The fourth-order valence-electron chi connectivity index (χ4n) is 1.58. The minimum absolute atomic E-state index is 0.140. The zero-order valence-electron chi connectivity index (χ0n) is 10.4. The maximum Gasteiger partial charge on any atom is 0.244 e. The second kappa shape index (κ2) is 6.35. The molecule has 1 aromatic heterocycles. The molecule has 0 aliphatic carbocycles. The summed E-state index contributed by atoms with van der Waals surface area (Å²) in [5, 5.41) is 2.80. The summed E-state index contributed by atoms with van der Waals surface area (Å²) in [6, 6.07) is 11.1. The molecule has 0 fully saturated rings. The van der Waals surface area contributed by atoms with Crippen LogP contribution in [-0.4, -0.2) is 10.9 Å². The summed E-state index contributed by atoms with van der Waals surface area (Å²) in [6.07, 6.45) is 6.63. The molecular formula is C15H15N3O. The SMILES string of the molecule is Nc1cccc(/C=C/C(=O)NCc2ccncc2)c1. The summed E-state index contributed by atoms with van der Waals surface area (Å²) in [6.45, 7) is 0.489. The lowest BCUT2D eigenvalue weighted by molar-refractivity contribution is -0.116. The molecule has 96 valence electrons. The molecule has 0 saturated heterocycles. The Morgan fingerprint density at radius 3 is 2.79 bits per heavy atom. The van der Waals surface area contributed by atoms with Crippen LogP contribution < -0.4 is 11.1 Å². The summed E-state index contributed by atoms with van der Waals surface area (Å²) in [4.78, 5) is 15.5. The third-order valence-corrected chi connectivity index (χ3v) is 2.55. The lowest BCUT2D eigenvalue weighted by Crippen LogP contribution is -2.20. The highest BCUT2D eigenvalue weighted by atomic mass is 16.1. The van der Waals surface area contributed by atoms with Crippen molar-refractivity contribution >= 4 is 17.7 Å². The first-order chi connectivity index (χ1) is 9.24. The van der Waals surface area contributed by atoms with E-state index in [2.05, 4.69) is 10.3 Å². The van der Waals surface area contributed by atoms with Crippen molar-refractivity contribution in [1.29, 1.82) is 0 Å². The maximum atomic E-state index is 11.6. The zero-order chi connectivity index (χ0) is 13.5. The van der Waals surface area contributed by atoms with Crippen LogP contribution in [0.5, 0.6) is 0 Å². The molecule has 1 amide bonds. The van der Waals surface area contributed by atoms with Crippen molar-refractivity contribution in [1.82, 2.24) is 10.3 Å². The van der Waals surface area contributed by atoms with Crippen molar-refractivity contribution in [3.8, 4) is 0 Å². The summed E-state index contributed by atoms with van der Waals surface area (Å²) in [7, 11) is 0.